The van der Waals surface area contributed by atoms with Crippen LogP contribution in [0.2, 0.25) is 5.02 Å². The monoisotopic (exact) mass is 474 g/mol. The third kappa shape index (κ3) is 5.06. The molecule has 10 heteroatoms. The molecular formula is C22H19ClN2O6S. The van der Waals surface area contributed by atoms with Gasteiger partial charge < -0.3 is 14.6 Å². The maximum atomic E-state index is 13.1. The van der Waals surface area contributed by atoms with Gasteiger partial charge in [-0.1, -0.05) is 23.7 Å². The van der Waals surface area contributed by atoms with Gasteiger partial charge in [-0.05, 0) is 68.0 Å². The van der Waals surface area contributed by atoms with E-state index in [1.54, 1.807) is 43.3 Å². The van der Waals surface area contributed by atoms with Crippen LogP contribution in [0.5, 0.6) is 11.5 Å². The van der Waals surface area contributed by atoms with Crippen LogP contribution in [-0.2, 0) is 14.4 Å². The van der Waals surface area contributed by atoms with Gasteiger partial charge in [0.1, 0.15) is 5.57 Å². The summed E-state index contributed by atoms with van der Waals surface area (Å²) in [7, 11) is 0. The molecule has 0 bridgehead atoms. The molecule has 2 aromatic rings. The lowest BCUT2D eigenvalue weighted by Gasteiger charge is -2.29. The fourth-order valence-corrected chi connectivity index (χ4v) is 3.36. The minimum Gasteiger partial charge on any atom is -0.490 e. The topological polar surface area (TPSA) is 105 Å². The molecule has 1 unspecified atom stereocenters. The van der Waals surface area contributed by atoms with E-state index in [4.69, 9.17) is 38.4 Å². The van der Waals surface area contributed by atoms with Crippen LogP contribution in [0.15, 0.2) is 48.0 Å². The smallest absolute Gasteiger partial charge is 0.344 e. The van der Waals surface area contributed by atoms with Crippen LogP contribution in [0, 0.1) is 0 Å². The first kappa shape index (κ1) is 23.2. The lowest BCUT2D eigenvalue weighted by molar-refractivity contribution is -0.144. The Bertz CT molecular complexity index is 1130. The fraction of sp³-hybridized carbons (Fsp3) is 0.182. The van der Waals surface area contributed by atoms with E-state index in [9.17, 15) is 14.4 Å². The number of benzene rings is 2. The minimum atomic E-state index is -1.12. The Morgan fingerprint density at radius 1 is 1.25 bits per heavy atom. The van der Waals surface area contributed by atoms with Crippen LogP contribution in [-0.4, -0.2) is 40.7 Å². The van der Waals surface area contributed by atoms with Gasteiger partial charge in [0.05, 0.1) is 12.3 Å². The second kappa shape index (κ2) is 9.80. The molecule has 0 aromatic heterocycles. The standard InChI is InChI=1S/C22H19ClN2O6S/c1-3-30-18-10-13(7-8-17(18)31-12(2)21(28)29)9-16-19(26)24-22(32)25(20(16)27)15-6-4-5-14(23)11-15/h4-12H,3H2,1-2H3,(H,28,29)(H,24,26,32)/b16-9-. The second-order valence-electron chi connectivity index (χ2n) is 6.68. The van der Waals surface area contributed by atoms with Gasteiger partial charge in [-0.2, -0.15) is 0 Å². The van der Waals surface area contributed by atoms with E-state index in [-0.39, 0.29) is 22.2 Å². The first-order valence-electron chi connectivity index (χ1n) is 9.54. The third-order valence-electron chi connectivity index (χ3n) is 4.40. The van der Waals surface area contributed by atoms with Crippen LogP contribution < -0.4 is 19.7 Å². The highest BCUT2D eigenvalue weighted by Crippen LogP contribution is 2.31. The summed E-state index contributed by atoms with van der Waals surface area (Å²) < 4.78 is 11.0. The maximum absolute atomic E-state index is 13.1. The van der Waals surface area contributed by atoms with Crippen molar-refractivity contribution in [2.75, 3.05) is 11.5 Å². The van der Waals surface area contributed by atoms with Crippen molar-refractivity contribution in [3.63, 3.8) is 0 Å². The van der Waals surface area contributed by atoms with Crippen molar-refractivity contribution in [2.24, 2.45) is 0 Å². The number of carbonyl (C=O) groups is 3. The average molecular weight is 475 g/mol. The Labute approximate surface area is 194 Å². The summed E-state index contributed by atoms with van der Waals surface area (Å²) in [5.74, 6) is -1.87. The summed E-state index contributed by atoms with van der Waals surface area (Å²) in [5, 5.41) is 11.9. The Morgan fingerprint density at radius 3 is 2.66 bits per heavy atom. The van der Waals surface area contributed by atoms with Crippen molar-refractivity contribution < 1.29 is 29.0 Å². The number of nitrogens with zero attached hydrogens (tertiary/aromatic N) is 1. The van der Waals surface area contributed by atoms with E-state index in [2.05, 4.69) is 5.32 Å². The molecule has 1 atom stereocenters. The zero-order valence-corrected chi connectivity index (χ0v) is 18.7. The van der Waals surface area contributed by atoms with Gasteiger partial charge >= 0.3 is 5.97 Å². The molecule has 0 radical (unpaired) electrons. The Hall–Kier alpha value is -3.43. The van der Waals surface area contributed by atoms with Crippen molar-refractivity contribution in [1.29, 1.82) is 0 Å². The fourth-order valence-electron chi connectivity index (χ4n) is 2.89. The molecule has 8 nitrogen and oxygen atoms in total. The van der Waals surface area contributed by atoms with E-state index in [1.165, 1.54) is 24.0 Å². The molecule has 1 aliphatic heterocycles. The number of nitrogens with one attached hydrogen (secondary N) is 1. The number of rotatable bonds is 7. The summed E-state index contributed by atoms with van der Waals surface area (Å²) >= 11 is 11.2. The van der Waals surface area contributed by atoms with E-state index in [1.807, 2.05) is 0 Å². The number of aliphatic carboxylic acids is 1. The summed E-state index contributed by atoms with van der Waals surface area (Å²) in [6.45, 7) is 3.46. The highest BCUT2D eigenvalue weighted by Gasteiger charge is 2.34. The Balaban J connectivity index is 1.97. The van der Waals surface area contributed by atoms with Gasteiger partial charge in [0, 0.05) is 5.02 Å². The minimum absolute atomic E-state index is 0.0548. The Kier molecular flexibility index (Phi) is 7.12. The third-order valence-corrected chi connectivity index (χ3v) is 4.92. The van der Waals surface area contributed by atoms with Crippen molar-refractivity contribution in [3.8, 4) is 11.5 Å². The molecular weight excluding hydrogens is 456 g/mol. The van der Waals surface area contributed by atoms with Gasteiger partial charge in [0.2, 0.25) is 0 Å². The van der Waals surface area contributed by atoms with E-state index in [0.717, 1.165) is 0 Å². The van der Waals surface area contributed by atoms with Crippen molar-refractivity contribution in [1.82, 2.24) is 5.32 Å². The number of ether oxygens (including phenoxy) is 2. The maximum Gasteiger partial charge on any atom is 0.344 e. The zero-order chi connectivity index (χ0) is 23.4. The van der Waals surface area contributed by atoms with Crippen LogP contribution in [0.4, 0.5) is 5.69 Å². The largest absolute Gasteiger partial charge is 0.490 e. The van der Waals surface area contributed by atoms with Gasteiger partial charge in [-0.25, -0.2) is 4.79 Å². The molecule has 1 saturated heterocycles. The number of carboxylic acid groups (broad SMARTS) is 1. The first-order chi connectivity index (χ1) is 15.2. The molecule has 0 aliphatic carbocycles. The predicted molar refractivity (Wildman–Crippen MR) is 123 cm³/mol. The van der Waals surface area contributed by atoms with Gasteiger partial charge in [-0.3, -0.25) is 19.8 Å². The van der Waals surface area contributed by atoms with E-state index in [0.29, 0.717) is 22.9 Å². The number of halogens is 1. The van der Waals surface area contributed by atoms with Crippen LogP contribution >= 0.6 is 23.8 Å². The lowest BCUT2D eigenvalue weighted by Crippen LogP contribution is -2.54. The molecule has 0 saturated carbocycles. The number of thiocarbonyl (C=S) groups is 1. The predicted octanol–water partition coefficient (Wildman–Crippen LogP) is 3.42. The number of carboxylic acids is 1. The zero-order valence-electron chi connectivity index (χ0n) is 17.1. The van der Waals surface area contributed by atoms with E-state index >= 15 is 0 Å². The summed E-state index contributed by atoms with van der Waals surface area (Å²) in [6, 6.07) is 11.2. The first-order valence-corrected chi connectivity index (χ1v) is 10.3. The quantitative estimate of drug-likeness (QED) is 0.360. The van der Waals surface area contributed by atoms with Gasteiger partial charge in [0.15, 0.2) is 22.7 Å². The molecule has 3 rings (SSSR count). The molecule has 1 aliphatic rings. The molecule has 1 heterocycles. The number of amides is 2. The number of hydrogen-bond donors (Lipinski definition) is 2. The number of carbonyl (C=O) groups excluding carboxylic acids is 2. The van der Waals surface area contributed by atoms with Gasteiger partial charge in [-0.15, -0.1) is 0 Å². The highest BCUT2D eigenvalue weighted by molar-refractivity contribution is 7.80. The van der Waals surface area contributed by atoms with Crippen molar-refractivity contribution in [2.45, 2.75) is 20.0 Å². The lowest BCUT2D eigenvalue weighted by atomic mass is 10.1. The number of anilines is 1. The second-order valence-corrected chi connectivity index (χ2v) is 7.50. The van der Waals surface area contributed by atoms with Crippen molar-refractivity contribution >= 4 is 58.5 Å². The normalized spacial score (nSPS) is 16.0. The summed E-state index contributed by atoms with van der Waals surface area (Å²) in [6.07, 6.45) is 0.306. The van der Waals surface area contributed by atoms with Crippen LogP contribution in [0.3, 0.4) is 0 Å². The summed E-state index contributed by atoms with van der Waals surface area (Å²) in [5.41, 5.74) is 0.745. The SMILES string of the molecule is CCOc1cc(/C=C2/C(=O)NC(=S)N(c3cccc(Cl)c3)C2=O)ccc1OC(C)C(=O)O. The molecule has 2 amide bonds. The molecule has 2 N–H and O–H groups in total. The van der Waals surface area contributed by atoms with Crippen LogP contribution in [0.1, 0.15) is 19.4 Å². The average Bonchev–Trinajstić information content (AvgIpc) is 2.73. The van der Waals surface area contributed by atoms with Crippen LogP contribution in [0.25, 0.3) is 6.08 Å². The number of hydrogen-bond acceptors (Lipinski definition) is 6. The summed E-state index contributed by atoms with van der Waals surface area (Å²) in [4.78, 5) is 37.9. The molecule has 1 fully saturated rings. The van der Waals surface area contributed by atoms with E-state index < -0.39 is 23.9 Å². The molecule has 166 valence electrons. The van der Waals surface area contributed by atoms with Gasteiger partial charge in [0.25, 0.3) is 11.8 Å². The molecule has 2 aromatic carbocycles. The highest BCUT2D eigenvalue weighted by atomic mass is 35.5. The van der Waals surface area contributed by atoms with Crippen molar-refractivity contribution in [3.05, 3.63) is 58.6 Å². The Morgan fingerprint density at radius 2 is 2.00 bits per heavy atom. The molecule has 32 heavy (non-hydrogen) atoms. The molecule has 0 spiro atoms.